The Bertz CT molecular complexity index is 1510. The lowest BCUT2D eigenvalue weighted by Crippen LogP contribution is -2.28. The van der Waals surface area contributed by atoms with E-state index in [-0.39, 0.29) is 62.4 Å². The number of carbonyl (C=O) groups excluding carboxylic acids is 6. The minimum atomic E-state index is -1.16. The van der Waals surface area contributed by atoms with Crippen molar-refractivity contribution in [3.05, 3.63) is 53.1 Å². The molecular weight excluding hydrogens is 664 g/mol. The highest BCUT2D eigenvalue weighted by molar-refractivity contribution is 5.96. The van der Waals surface area contributed by atoms with Crippen LogP contribution in [0.2, 0.25) is 0 Å². The second-order valence-electron chi connectivity index (χ2n) is 11.9. The Labute approximate surface area is 297 Å². The molecule has 15 nitrogen and oxygen atoms in total. The highest BCUT2D eigenvalue weighted by atomic mass is 16.8. The Hall–Kier alpha value is -4.86. The molecule has 2 atom stereocenters. The molecule has 0 spiro atoms. The Kier molecular flexibility index (Phi) is 17.0. The van der Waals surface area contributed by atoms with Gasteiger partial charge in [-0.15, -0.1) is 0 Å². The molecule has 0 fully saturated rings. The third kappa shape index (κ3) is 13.8. The van der Waals surface area contributed by atoms with Crippen molar-refractivity contribution in [1.82, 2.24) is 16.1 Å². The lowest BCUT2D eigenvalue weighted by Gasteiger charge is -2.16. The molecule has 0 radical (unpaired) electrons. The summed E-state index contributed by atoms with van der Waals surface area (Å²) in [7, 11) is 0. The van der Waals surface area contributed by atoms with E-state index in [4.69, 9.17) is 23.8 Å². The number of hydrogen-bond donors (Lipinski definition) is 4. The van der Waals surface area contributed by atoms with Gasteiger partial charge in [0.15, 0.2) is 6.29 Å². The van der Waals surface area contributed by atoms with E-state index >= 15 is 0 Å². The fourth-order valence-corrected chi connectivity index (χ4v) is 5.26. The van der Waals surface area contributed by atoms with Crippen LogP contribution in [0.1, 0.15) is 87.2 Å². The highest BCUT2D eigenvalue weighted by Crippen LogP contribution is 2.46. The Morgan fingerprint density at radius 1 is 0.804 bits per heavy atom. The predicted octanol–water partition coefficient (Wildman–Crippen LogP) is 3.74. The number of rotatable bonds is 21. The summed E-state index contributed by atoms with van der Waals surface area (Å²) in [5.41, 5.74) is 5.91. The van der Waals surface area contributed by atoms with E-state index in [1.54, 1.807) is 31.2 Å². The second-order valence-corrected chi connectivity index (χ2v) is 11.9. The van der Waals surface area contributed by atoms with Crippen molar-refractivity contribution in [1.29, 1.82) is 0 Å². The largest absolute Gasteiger partial charge is 0.533 e. The standard InChI is InChI=1S/C36H48N4O11/c1-5-47-24(4)49-19-15-37-32(42)8-6-9-33(43)39-26-12-14-28-27-13-11-25(35(45)38-16-18-48-23(2)3)20-29(27)31(30(28)21-26)22-50-36(46)51-40-34(44)10-7-17-41/h11-14,17,20-21,23-24,31H,5-10,15-16,18-19,22H2,1-4H3,(H,37,42)(H,38,45)(H,39,43)(H,40,44). The molecule has 0 aliphatic heterocycles. The first kappa shape index (κ1) is 40.6. The van der Waals surface area contributed by atoms with Crippen molar-refractivity contribution >= 4 is 41.8 Å². The van der Waals surface area contributed by atoms with Crippen LogP contribution < -0.4 is 21.4 Å². The van der Waals surface area contributed by atoms with E-state index in [1.807, 2.05) is 38.4 Å². The third-order valence-electron chi connectivity index (χ3n) is 7.62. The molecule has 0 saturated heterocycles. The highest BCUT2D eigenvalue weighted by Gasteiger charge is 2.31. The van der Waals surface area contributed by atoms with E-state index in [0.29, 0.717) is 62.4 Å². The zero-order valence-electron chi connectivity index (χ0n) is 29.5. The van der Waals surface area contributed by atoms with Crippen LogP contribution in [0.15, 0.2) is 36.4 Å². The number of ether oxygens (including phenoxy) is 4. The van der Waals surface area contributed by atoms with Crippen molar-refractivity contribution in [3.8, 4) is 11.1 Å². The maximum atomic E-state index is 13.0. The first-order valence-corrected chi connectivity index (χ1v) is 17.1. The zero-order chi connectivity index (χ0) is 37.2. The maximum absolute atomic E-state index is 13.0. The van der Waals surface area contributed by atoms with Crippen LogP contribution in [0.5, 0.6) is 0 Å². The van der Waals surface area contributed by atoms with Gasteiger partial charge >= 0.3 is 6.16 Å². The number of hydroxylamine groups is 1. The van der Waals surface area contributed by atoms with Gasteiger partial charge in [0.1, 0.15) is 12.9 Å². The lowest BCUT2D eigenvalue weighted by atomic mass is 9.96. The lowest BCUT2D eigenvalue weighted by molar-refractivity contribution is -0.132. The maximum Gasteiger partial charge on any atom is 0.533 e. The molecular formula is C36H48N4O11. The summed E-state index contributed by atoms with van der Waals surface area (Å²) in [6.45, 7) is 9.10. The molecule has 2 unspecified atom stereocenters. The van der Waals surface area contributed by atoms with Crippen LogP contribution in [-0.2, 0) is 43.0 Å². The average Bonchev–Trinajstić information content (AvgIpc) is 3.40. The molecule has 4 N–H and O–H groups in total. The van der Waals surface area contributed by atoms with Gasteiger partial charge in [0.25, 0.3) is 11.8 Å². The van der Waals surface area contributed by atoms with E-state index in [9.17, 15) is 28.8 Å². The van der Waals surface area contributed by atoms with Crippen molar-refractivity contribution in [2.24, 2.45) is 0 Å². The minimum absolute atomic E-state index is 0.0280. The van der Waals surface area contributed by atoms with Gasteiger partial charge in [0, 0.05) is 62.5 Å². The molecule has 1 aliphatic carbocycles. The molecule has 15 heteroatoms. The fraction of sp³-hybridized carbons (Fsp3) is 0.500. The third-order valence-corrected chi connectivity index (χ3v) is 7.62. The molecule has 0 aromatic heterocycles. The molecule has 2 aromatic rings. The Morgan fingerprint density at radius 3 is 2.22 bits per heavy atom. The molecule has 3 rings (SSSR count). The Morgan fingerprint density at radius 2 is 1.49 bits per heavy atom. The fourth-order valence-electron chi connectivity index (χ4n) is 5.26. The van der Waals surface area contributed by atoms with E-state index < -0.39 is 18.0 Å². The van der Waals surface area contributed by atoms with Crippen molar-refractivity contribution in [2.75, 3.05) is 44.8 Å². The summed E-state index contributed by atoms with van der Waals surface area (Å²) in [5, 5.41) is 8.45. The van der Waals surface area contributed by atoms with Crippen LogP contribution in [0.4, 0.5) is 10.5 Å². The number of anilines is 1. The number of nitrogens with one attached hydrogen (secondary N) is 4. The monoisotopic (exact) mass is 712 g/mol. The minimum Gasteiger partial charge on any atom is -0.432 e. The van der Waals surface area contributed by atoms with Gasteiger partial charge < -0.3 is 44.5 Å². The summed E-state index contributed by atoms with van der Waals surface area (Å²) in [6.07, 6.45) is -0.478. The van der Waals surface area contributed by atoms with Gasteiger partial charge in [0.05, 0.1) is 19.3 Å². The summed E-state index contributed by atoms with van der Waals surface area (Å²) >= 11 is 0. The zero-order valence-corrected chi connectivity index (χ0v) is 29.5. The number of benzene rings is 2. The molecule has 278 valence electrons. The van der Waals surface area contributed by atoms with Crippen molar-refractivity contribution < 1.29 is 52.6 Å². The van der Waals surface area contributed by atoms with Gasteiger partial charge in [-0.3, -0.25) is 19.2 Å². The quantitative estimate of drug-likeness (QED) is 0.0484. The van der Waals surface area contributed by atoms with Gasteiger partial charge in [0.2, 0.25) is 11.8 Å². The topological polar surface area (TPSA) is 197 Å². The van der Waals surface area contributed by atoms with Crippen LogP contribution in [0.3, 0.4) is 0 Å². The second kappa shape index (κ2) is 21.4. The normalized spacial score (nSPS) is 13.4. The summed E-state index contributed by atoms with van der Waals surface area (Å²) in [4.78, 5) is 77.2. The molecule has 2 aromatic carbocycles. The van der Waals surface area contributed by atoms with Crippen LogP contribution in [0, 0.1) is 0 Å². The van der Waals surface area contributed by atoms with Gasteiger partial charge in [-0.25, -0.2) is 4.79 Å². The first-order valence-electron chi connectivity index (χ1n) is 17.1. The van der Waals surface area contributed by atoms with Gasteiger partial charge in [-0.1, -0.05) is 12.1 Å². The molecule has 0 saturated carbocycles. The SMILES string of the molecule is CCOC(C)OCCNC(=O)CCCC(=O)Nc1ccc2c(c1)C(COC(=O)ONC(=O)CCC=O)c1cc(C(=O)NCCOC(C)C)ccc1-2. The molecule has 0 heterocycles. The Balaban J connectivity index is 1.65. The van der Waals surface area contributed by atoms with Gasteiger partial charge in [-0.2, -0.15) is 5.48 Å². The van der Waals surface area contributed by atoms with Gasteiger partial charge in [-0.05, 0) is 80.6 Å². The smallest absolute Gasteiger partial charge is 0.432 e. The number of amides is 4. The predicted molar refractivity (Wildman–Crippen MR) is 186 cm³/mol. The van der Waals surface area contributed by atoms with E-state index in [1.165, 1.54) is 0 Å². The van der Waals surface area contributed by atoms with Crippen LogP contribution >= 0.6 is 0 Å². The number of hydrogen-bond acceptors (Lipinski definition) is 11. The molecule has 0 bridgehead atoms. The number of fused-ring (bicyclic) bond motifs is 3. The first-order chi connectivity index (χ1) is 24.5. The molecule has 4 amide bonds. The molecule has 51 heavy (non-hydrogen) atoms. The summed E-state index contributed by atoms with van der Waals surface area (Å²) in [5.74, 6) is -1.99. The van der Waals surface area contributed by atoms with Crippen LogP contribution in [-0.4, -0.2) is 88.0 Å². The van der Waals surface area contributed by atoms with E-state index in [2.05, 4.69) is 16.0 Å². The van der Waals surface area contributed by atoms with Crippen LogP contribution in [0.25, 0.3) is 11.1 Å². The van der Waals surface area contributed by atoms with Crippen molar-refractivity contribution in [2.45, 2.75) is 78.1 Å². The molecule has 1 aliphatic rings. The summed E-state index contributed by atoms with van der Waals surface area (Å²) in [6, 6.07) is 10.6. The number of aldehydes is 1. The van der Waals surface area contributed by atoms with E-state index in [0.717, 1.165) is 16.7 Å². The van der Waals surface area contributed by atoms with Crippen molar-refractivity contribution in [3.63, 3.8) is 0 Å². The average molecular weight is 713 g/mol. The summed E-state index contributed by atoms with van der Waals surface area (Å²) < 4.78 is 21.5. The number of carbonyl (C=O) groups is 6.